The molecule has 2 unspecified atom stereocenters. The number of carbonyl (C=O) groups excluding carboxylic acids is 2. The van der Waals surface area contributed by atoms with E-state index in [-0.39, 0.29) is 32.7 Å². The second-order valence-corrected chi connectivity index (χ2v) is 20.5. The molecule has 9 heteroatoms. The average Bonchev–Trinajstić information content (AvgIpc) is 3.42. The fourth-order valence-electron chi connectivity index (χ4n) is 7.39. The van der Waals surface area contributed by atoms with Gasteiger partial charge in [-0.1, -0.05) is 229 Å². The van der Waals surface area contributed by atoms with E-state index in [9.17, 15) is 19.5 Å². The number of allylic oxidation sites excluding steroid dienone is 28. The molecular formula is C70H110NO8+. The highest BCUT2D eigenvalue weighted by Gasteiger charge is 2.25. The summed E-state index contributed by atoms with van der Waals surface area (Å²) in [5, 5.41) is 9.70. The van der Waals surface area contributed by atoms with Crippen LogP contribution in [0.15, 0.2) is 170 Å². The Labute approximate surface area is 482 Å². The van der Waals surface area contributed by atoms with Gasteiger partial charge in [0.2, 0.25) is 0 Å². The summed E-state index contributed by atoms with van der Waals surface area (Å²) in [6, 6.07) is 0. The lowest BCUT2D eigenvalue weighted by Gasteiger charge is -2.25. The zero-order chi connectivity index (χ0) is 57.6. The van der Waals surface area contributed by atoms with Crippen molar-refractivity contribution < 1.29 is 42.9 Å². The molecule has 0 bridgehead atoms. The van der Waals surface area contributed by atoms with Gasteiger partial charge in [0.1, 0.15) is 13.2 Å². The second-order valence-electron chi connectivity index (χ2n) is 20.5. The summed E-state index contributed by atoms with van der Waals surface area (Å²) in [6.07, 6.45) is 85.9. The van der Waals surface area contributed by atoms with Crippen LogP contribution in [0.4, 0.5) is 0 Å². The van der Waals surface area contributed by atoms with Crippen LogP contribution in [-0.2, 0) is 33.3 Å². The third-order valence-corrected chi connectivity index (χ3v) is 12.0. The maximum Gasteiger partial charge on any atom is 0.361 e. The van der Waals surface area contributed by atoms with Crippen LogP contribution >= 0.6 is 0 Å². The Bertz CT molecular complexity index is 1900. The molecule has 0 heterocycles. The molecule has 0 amide bonds. The van der Waals surface area contributed by atoms with Gasteiger partial charge < -0.3 is 28.5 Å². The van der Waals surface area contributed by atoms with Gasteiger partial charge in [-0.05, 0) is 122 Å². The van der Waals surface area contributed by atoms with Crippen molar-refractivity contribution >= 4 is 17.9 Å². The van der Waals surface area contributed by atoms with Crippen LogP contribution in [0, 0.1) is 0 Å². The number of likely N-dealkylation sites (N-methyl/N-ethyl adjacent to an activating group) is 1. The number of aliphatic carboxylic acids is 1. The third-order valence-electron chi connectivity index (χ3n) is 12.0. The summed E-state index contributed by atoms with van der Waals surface area (Å²) in [6.45, 7) is 4.54. The van der Waals surface area contributed by atoms with E-state index in [1.165, 1.54) is 32.1 Å². The van der Waals surface area contributed by atoms with Crippen molar-refractivity contribution in [3.8, 4) is 0 Å². The van der Waals surface area contributed by atoms with Crippen LogP contribution in [0.2, 0.25) is 0 Å². The molecule has 2 atom stereocenters. The Kier molecular flexibility index (Phi) is 54.8. The zero-order valence-corrected chi connectivity index (χ0v) is 50.2. The van der Waals surface area contributed by atoms with Gasteiger partial charge in [0.25, 0.3) is 6.29 Å². The molecule has 0 saturated heterocycles. The molecule has 0 saturated carbocycles. The molecule has 9 nitrogen and oxygen atoms in total. The molecule has 0 rings (SSSR count). The molecule has 0 aliphatic rings. The smallest absolute Gasteiger partial charge is 0.361 e. The quantitative estimate of drug-likeness (QED) is 0.0211. The van der Waals surface area contributed by atoms with Gasteiger partial charge in [-0.3, -0.25) is 9.59 Å². The van der Waals surface area contributed by atoms with Crippen molar-refractivity contribution in [1.29, 1.82) is 0 Å². The lowest BCUT2D eigenvalue weighted by Crippen LogP contribution is -2.40. The highest BCUT2D eigenvalue weighted by atomic mass is 16.7. The summed E-state index contributed by atoms with van der Waals surface area (Å²) >= 11 is 0. The molecule has 79 heavy (non-hydrogen) atoms. The largest absolute Gasteiger partial charge is 0.477 e. The number of unbranched alkanes of at least 4 members (excludes halogenated alkanes) is 10. The van der Waals surface area contributed by atoms with Gasteiger partial charge in [-0.15, -0.1) is 0 Å². The molecule has 1 N–H and O–H groups in total. The molecule has 0 aromatic carbocycles. The first-order chi connectivity index (χ1) is 38.6. The first kappa shape index (κ1) is 73.7. The van der Waals surface area contributed by atoms with Gasteiger partial charge in [0.05, 0.1) is 34.4 Å². The van der Waals surface area contributed by atoms with Crippen molar-refractivity contribution in [3.05, 3.63) is 170 Å². The minimum Gasteiger partial charge on any atom is -0.477 e. The van der Waals surface area contributed by atoms with Crippen molar-refractivity contribution in [1.82, 2.24) is 0 Å². The van der Waals surface area contributed by atoms with Crippen LogP contribution in [0.5, 0.6) is 0 Å². The van der Waals surface area contributed by atoms with E-state index >= 15 is 0 Å². The SMILES string of the molecule is CC/C=C\C/C=C\C/C=C\C/C=C\C/C=C\C/C=C\C/C=C\C/C=C\C/C=C\CCCCCCCCCCCC(=O)OC(COC(=O)CCC/C=C\C/C=C\C/C=C\C/C=C\C/C=C\CC)COC(OCC[N+](C)(C)C)C(=O)O. The summed E-state index contributed by atoms with van der Waals surface area (Å²) < 4.78 is 22.8. The molecule has 0 aromatic rings. The van der Waals surface area contributed by atoms with Gasteiger partial charge in [0, 0.05) is 12.8 Å². The number of ether oxygens (including phenoxy) is 4. The van der Waals surface area contributed by atoms with E-state index in [4.69, 9.17) is 18.9 Å². The number of carboxylic acids is 1. The summed E-state index contributed by atoms with van der Waals surface area (Å²) in [5.41, 5.74) is 0. The van der Waals surface area contributed by atoms with Crippen LogP contribution in [-0.4, -0.2) is 87.4 Å². The highest BCUT2D eigenvalue weighted by Crippen LogP contribution is 2.14. The fourth-order valence-corrected chi connectivity index (χ4v) is 7.39. The first-order valence-electron chi connectivity index (χ1n) is 30.3. The van der Waals surface area contributed by atoms with Crippen molar-refractivity contribution in [3.63, 3.8) is 0 Å². The predicted molar refractivity (Wildman–Crippen MR) is 336 cm³/mol. The van der Waals surface area contributed by atoms with Crippen LogP contribution in [0.3, 0.4) is 0 Å². The summed E-state index contributed by atoms with van der Waals surface area (Å²) in [5.74, 6) is -2.11. The molecule has 0 aromatic heterocycles. The maximum absolute atomic E-state index is 12.9. The Morgan fingerprint density at radius 2 is 0.696 bits per heavy atom. The number of hydrogen-bond acceptors (Lipinski definition) is 7. The Morgan fingerprint density at radius 3 is 1.05 bits per heavy atom. The molecule has 0 fully saturated rings. The van der Waals surface area contributed by atoms with Crippen molar-refractivity contribution in [2.45, 2.75) is 206 Å². The van der Waals surface area contributed by atoms with Gasteiger partial charge in [-0.25, -0.2) is 4.79 Å². The van der Waals surface area contributed by atoms with Gasteiger partial charge >= 0.3 is 17.9 Å². The number of quaternary nitrogens is 1. The lowest BCUT2D eigenvalue weighted by molar-refractivity contribution is -0.870. The minimum absolute atomic E-state index is 0.168. The minimum atomic E-state index is -1.54. The predicted octanol–water partition coefficient (Wildman–Crippen LogP) is 18.3. The number of carboxylic acid groups (broad SMARTS) is 1. The number of esters is 2. The zero-order valence-electron chi connectivity index (χ0n) is 50.2. The van der Waals surface area contributed by atoms with Gasteiger partial charge in [0.15, 0.2) is 6.10 Å². The van der Waals surface area contributed by atoms with E-state index in [0.29, 0.717) is 23.9 Å². The summed E-state index contributed by atoms with van der Waals surface area (Å²) in [4.78, 5) is 37.4. The molecular weight excluding hydrogens is 983 g/mol. The van der Waals surface area contributed by atoms with E-state index < -0.39 is 30.3 Å². The van der Waals surface area contributed by atoms with Crippen LogP contribution < -0.4 is 0 Å². The van der Waals surface area contributed by atoms with E-state index in [0.717, 1.165) is 122 Å². The Morgan fingerprint density at radius 1 is 0.380 bits per heavy atom. The fraction of sp³-hybridized carbons (Fsp3) is 0.557. The normalized spacial score (nSPS) is 14.0. The standard InChI is InChI=1S/C70H109NO8/c1-6-8-10-12-14-16-18-20-22-24-25-26-27-28-29-30-31-32-33-34-35-36-37-38-39-40-41-42-43-45-47-49-51-53-55-57-59-61-68(73)79-66(65-78-70(69(74)75)76-63-62-71(3,4)5)64-77-67(72)60-58-56-54-52-50-48-46-44-23-21-19-17-15-13-11-9-7-2/h8-11,14-17,20-23,25-26,28-29,31-32,34-35,37-38,40-41,46,48,52,54,66,70H,6-7,12-13,18-19,24,27,30,33,36,39,42-45,47,49-51,53,55-65H2,1-5H3/p+1/b10-8-,11-9-,16-14-,17-15-,22-20-,23-21-,26-25-,29-28-,32-31-,35-34-,38-37-,41-40-,48-46-,54-52-. The van der Waals surface area contributed by atoms with Crippen molar-refractivity contribution in [2.24, 2.45) is 0 Å². The first-order valence-corrected chi connectivity index (χ1v) is 30.3. The monoisotopic (exact) mass is 1090 g/mol. The third kappa shape index (κ3) is 60.1. The number of hydrogen-bond donors (Lipinski definition) is 1. The highest BCUT2D eigenvalue weighted by molar-refractivity contribution is 5.71. The van der Waals surface area contributed by atoms with Crippen LogP contribution in [0.25, 0.3) is 0 Å². The Hall–Kier alpha value is -5.35. The second kappa shape index (κ2) is 58.8. The summed E-state index contributed by atoms with van der Waals surface area (Å²) in [7, 11) is 5.93. The molecule has 0 spiro atoms. The number of rotatable bonds is 53. The van der Waals surface area contributed by atoms with Crippen LogP contribution in [0.1, 0.15) is 194 Å². The molecule has 0 radical (unpaired) electrons. The molecule has 442 valence electrons. The number of nitrogens with zero attached hydrogens (tertiary/aromatic N) is 1. The number of carbonyl (C=O) groups is 3. The van der Waals surface area contributed by atoms with Gasteiger partial charge in [-0.2, -0.15) is 0 Å². The van der Waals surface area contributed by atoms with E-state index in [1.54, 1.807) is 0 Å². The Balaban J connectivity index is 4.27. The maximum atomic E-state index is 12.9. The van der Waals surface area contributed by atoms with E-state index in [2.05, 4.69) is 184 Å². The lowest BCUT2D eigenvalue weighted by atomic mass is 10.1. The molecule has 0 aliphatic heterocycles. The van der Waals surface area contributed by atoms with Crippen molar-refractivity contribution in [2.75, 3.05) is 47.5 Å². The average molecular weight is 1090 g/mol. The molecule has 0 aliphatic carbocycles. The van der Waals surface area contributed by atoms with E-state index in [1.807, 2.05) is 21.1 Å². The topological polar surface area (TPSA) is 108 Å².